The average molecular weight is 443 g/mol. The van der Waals surface area contributed by atoms with Gasteiger partial charge in [-0.2, -0.15) is 26.3 Å². The normalized spacial score (nSPS) is 11.9. The van der Waals surface area contributed by atoms with Gasteiger partial charge in [0.1, 0.15) is 18.6 Å². The van der Waals surface area contributed by atoms with E-state index in [0.717, 1.165) is 30.5 Å². The van der Waals surface area contributed by atoms with Crippen molar-refractivity contribution in [1.29, 1.82) is 0 Å². The van der Waals surface area contributed by atoms with Crippen LogP contribution in [-0.2, 0) is 12.7 Å². The Hall–Kier alpha value is -3.55. The van der Waals surface area contributed by atoms with Gasteiger partial charge >= 0.3 is 12.4 Å². The second kappa shape index (κ2) is 8.29. The fourth-order valence-corrected chi connectivity index (χ4v) is 2.80. The van der Waals surface area contributed by atoms with Crippen molar-refractivity contribution >= 4 is 11.4 Å². The van der Waals surface area contributed by atoms with E-state index in [1.807, 2.05) is 0 Å². The number of hydrogen-bond donors (Lipinski definition) is 0. The molecule has 0 spiro atoms. The van der Waals surface area contributed by atoms with E-state index in [0.29, 0.717) is 16.5 Å². The number of hydrogen-bond acceptors (Lipinski definition) is 3. The fourth-order valence-electron chi connectivity index (χ4n) is 2.80. The highest BCUT2D eigenvalue weighted by Crippen LogP contribution is 2.39. The summed E-state index contributed by atoms with van der Waals surface area (Å²) >= 11 is 0. The van der Waals surface area contributed by atoms with E-state index in [1.165, 1.54) is 12.1 Å². The molecule has 0 saturated carbocycles. The lowest BCUT2D eigenvalue weighted by Gasteiger charge is -2.26. The van der Waals surface area contributed by atoms with Crippen LogP contribution < -0.4 is 4.90 Å². The first-order valence-electron chi connectivity index (χ1n) is 8.57. The van der Waals surface area contributed by atoms with Gasteiger partial charge in [0.2, 0.25) is 5.89 Å². The van der Waals surface area contributed by atoms with Gasteiger partial charge in [0.25, 0.3) is 0 Å². The molecule has 0 radical (unpaired) electrons. The van der Waals surface area contributed by atoms with Gasteiger partial charge < -0.3 is 9.32 Å². The Labute approximate surface area is 171 Å². The molecule has 3 aromatic rings. The molecule has 0 aliphatic heterocycles. The van der Waals surface area contributed by atoms with Crippen LogP contribution in [-0.4, -0.2) is 17.7 Å². The molecule has 1 aromatic heterocycles. The number of alkyl halides is 6. The smallest absolute Gasteiger partial charge is 0.407 e. The van der Waals surface area contributed by atoms with Gasteiger partial charge in [0.15, 0.2) is 5.69 Å². The second-order valence-corrected chi connectivity index (χ2v) is 6.43. The predicted molar refractivity (Wildman–Crippen MR) is 96.7 cm³/mol. The van der Waals surface area contributed by atoms with Crippen molar-refractivity contribution in [2.24, 2.45) is 0 Å². The van der Waals surface area contributed by atoms with E-state index in [-0.39, 0.29) is 17.3 Å². The maximum absolute atomic E-state index is 13.2. The number of benzene rings is 2. The topological polar surface area (TPSA) is 33.6 Å². The molecule has 0 aliphatic rings. The summed E-state index contributed by atoms with van der Waals surface area (Å²) in [5.74, 6) is -0.489. The van der Waals surface area contributed by atoms with E-state index in [9.17, 15) is 30.7 Å². The van der Waals surface area contributed by atoms with Crippen LogP contribution in [0.3, 0.4) is 0 Å². The van der Waals surface area contributed by atoms with Crippen LogP contribution in [0.15, 0.2) is 53.1 Å². The molecule has 0 atom stereocenters. The zero-order valence-corrected chi connectivity index (χ0v) is 15.4. The highest BCUT2D eigenvalue weighted by molar-refractivity contribution is 5.62. The molecule has 162 valence electrons. The molecule has 0 amide bonds. The summed E-state index contributed by atoms with van der Waals surface area (Å²) < 4.78 is 97.2. The molecule has 0 N–H and O–H groups in total. The maximum Gasteiger partial charge on any atom is 0.407 e. The summed E-state index contributed by atoms with van der Waals surface area (Å²) in [6.45, 7) is 4.78. The van der Waals surface area contributed by atoms with Crippen molar-refractivity contribution in [1.82, 2.24) is 4.98 Å². The Morgan fingerprint density at radius 1 is 1.00 bits per heavy atom. The summed E-state index contributed by atoms with van der Waals surface area (Å²) in [7, 11) is 0. The monoisotopic (exact) mass is 443 g/mol. The highest BCUT2D eigenvalue weighted by Gasteiger charge is 2.36. The first-order valence-corrected chi connectivity index (χ1v) is 8.57. The third-order valence-corrected chi connectivity index (χ3v) is 4.14. The molecular weight excluding hydrogens is 431 g/mol. The lowest BCUT2D eigenvalue weighted by Crippen LogP contribution is -2.34. The number of halogens is 7. The summed E-state index contributed by atoms with van der Waals surface area (Å²) in [5.41, 5.74) is -2.05. The summed E-state index contributed by atoms with van der Waals surface area (Å²) in [5, 5.41) is 0. The molecular formula is C20H12F7N3O. The van der Waals surface area contributed by atoms with Crippen molar-refractivity contribution < 1.29 is 35.2 Å². The molecule has 0 saturated heterocycles. The SMILES string of the molecule is [C-]#[N+]c1ccc(N(Cc2coc(-c3ccc(F)cc3)n2)CC(F)(F)F)cc1C(F)(F)F. The maximum atomic E-state index is 13.2. The molecule has 3 rings (SSSR count). The van der Waals surface area contributed by atoms with Gasteiger partial charge in [-0.15, -0.1) is 0 Å². The Bertz CT molecular complexity index is 1100. The number of rotatable bonds is 5. The van der Waals surface area contributed by atoms with Crippen molar-refractivity contribution in [3.05, 3.63) is 77.2 Å². The van der Waals surface area contributed by atoms with Crippen molar-refractivity contribution in [2.45, 2.75) is 18.9 Å². The molecule has 0 unspecified atom stereocenters. The zero-order chi connectivity index (χ0) is 22.8. The third kappa shape index (κ3) is 5.53. The van der Waals surface area contributed by atoms with Crippen LogP contribution in [0.1, 0.15) is 11.3 Å². The Morgan fingerprint density at radius 2 is 1.68 bits per heavy atom. The number of oxazole rings is 1. The number of nitrogens with zero attached hydrogens (tertiary/aromatic N) is 3. The first kappa shape index (κ1) is 22.1. The van der Waals surface area contributed by atoms with E-state index >= 15 is 0 Å². The molecule has 4 nitrogen and oxygen atoms in total. The van der Waals surface area contributed by atoms with E-state index in [4.69, 9.17) is 11.0 Å². The van der Waals surface area contributed by atoms with Gasteiger partial charge in [-0.05, 0) is 36.4 Å². The minimum Gasteiger partial charge on any atom is -0.444 e. The molecule has 0 fully saturated rings. The van der Waals surface area contributed by atoms with Crippen molar-refractivity contribution in [3.63, 3.8) is 0 Å². The quantitative estimate of drug-likeness (QED) is 0.328. The molecule has 2 aromatic carbocycles. The average Bonchev–Trinajstić information content (AvgIpc) is 3.14. The number of anilines is 1. The molecule has 11 heteroatoms. The Morgan fingerprint density at radius 3 is 2.26 bits per heavy atom. The summed E-state index contributed by atoms with van der Waals surface area (Å²) in [6, 6.07) is 7.34. The number of aromatic nitrogens is 1. The van der Waals surface area contributed by atoms with Gasteiger partial charge in [0.05, 0.1) is 24.4 Å². The van der Waals surface area contributed by atoms with E-state index in [1.54, 1.807) is 0 Å². The predicted octanol–water partition coefficient (Wildman–Crippen LogP) is 6.62. The van der Waals surface area contributed by atoms with Crippen LogP contribution in [0.2, 0.25) is 0 Å². The minimum absolute atomic E-state index is 0.0151. The van der Waals surface area contributed by atoms with Crippen LogP contribution in [0.5, 0.6) is 0 Å². The van der Waals surface area contributed by atoms with Gasteiger partial charge in [-0.3, -0.25) is 0 Å². The van der Waals surface area contributed by atoms with Crippen LogP contribution in [0.4, 0.5) is 42.1 Å². The minimum atomic E-state index is -4.91. The lowest BCUT2D eigenvalue weighted by molar-refractivity contribution is -0.136. The van der Waals surface area contributed by atoms with Crippen molar-refractivity contribution in [3.8, 4) is 11.5 Å². The molecule has 0 aliphatic carbocycles. The van der Waals surface area contributed by atoms with Crippen LogP contribution >= 0.6 is 0 Å². The third-order valence-electron chi connectivity index (χ3n) is 4.14. The fraction of sp³-hybridized carbons (Fsp3) is 0.200. The first-order chi connectivity index (χ1) is 14.5. The van der Waals surface area contributed by atoms with E-state index < -0.39 is 42.5 Å². The second-order valence-electron chi connectivity index (χ2n) is 6.43. The lowest BCUT2D eigenvalue weighted by atomic mass is 10.1. The van der Waals surface area contributed by atoms with Gasteiger partial charge in [0, 0.05) is 11.3 Å². The Balaban J connectivity index is 1.94. The largest absolute Gasteiger partial charge is 0.444 e. The van der Waals surface area contributed by atoms with Crippen LogP contribution in [0.25, 0.3) is 16.3 Å². The van der Waals surface area contributed by atoms with Gasteiger partial charge in [-0.1, -0.05) is 6.07 Å². The zero-order valence-electron chi connectivity index (χ0n) is 15.4. The molecule has 1 heterocycles. The molecule has 0 bridgehead atoms. The van der Waals surface area contributed by atoms with Gasteiger partial charge in [-0.25, -0.2) is 14.2 Å². The van der Waals surface area contributed by atoms with Crippen molar-refractivity contribution in [2.75, 3.05) is 11.4 Å². The summed E-state index contributed by atoms with van der Waals surface area (Å²) in [6.07, 6.45) is -8.57. The standard InChI is InChI=1S/C20H12F7N3O/c1-28-17-7-6-15(8-16(17)20(25,26)27)30(11-19(22,23)24)9-14-10-31-18(29-14)12-2-4-13(21)5-3-12/h2-8,10H,9,11H2. The highest BCUT2D eigenvalue weighted by atomic mass is 19.4. The van der Waals surface area contributed by atoms with Crippen LogP contribution in [0, 0.1) is 12.4 Å². The molecule has 31 heavy (non-hydrogen) atoms. The summed E-state index contributed by atoms with van der Waals surface area (Å²) in [4.78, 5) is 7.46. The van der Waals surface area contributed by atoms with E-state index in [2.05, 4.69) is 9.83 Å². The Kier molecular flexibility index (Phi) is 5.92.